The minimum atomic E-state index is -0.253. The molecule has 0 aromatic heterocycles. The van der Waals surface area contributed by atoms with E-state index in [1.165, 1.54) is 0 Å². The molecule has 0 heterocycles. The van der Waals surface area contributed by atoms with E-state index in [1.54, 1.807) is 6.08 Å². The highest BCUT2D eigenvalue weighted by Gasteiger charge is 2.49. The van der Waals surface area contributed by atoms with Gasteiger partial charge in [0.25, 0.3) is 0 Å². The second-order valence-electron chi connectivity index (χ2n) is 2.81. The van der Waals surface area contributed by atoms with Crippen molar-refractivity contribution in [2.75, 3.05) is 6.07 Å². The first kappa shape index (κ1) is 8.60. The maximum Gasteiger partial charge on any atom is 0.313 e. The molecule has 0 radical (unpaired) electrons. The van der Waals surface area contributed by atoms with Crippen LogP contribution in [0.4, 0.5) is 0 Å². The van der Waals surface area contributed by atoms with Crippen LogP contribution in [0.15, 0.2) is 12.7 Å². The summed E-state index contributed by atoms with van der Waals surface area (Å²) in [6.45, 7) is 3.59. The largest absolute Gasteiger partial charge is 0.449 e. The van der Waals surface area contributed by atoms with Crippen LogP contribution in [0.2, 0.25) is 0 Å². The lowest BCUT2D eigenvalue weighted by Gasteiger charge is -2.09. The van der Waals surface area contributed by atoms with Gasteiger partial charge < -0.3 is 4.74 Å². The van der Waals surface area contributed by atoms with Gasteiger partial charge in [-0.05, 0) is 19.3 Å². The Labute approximate surface area is 71.2 Å². The first-order chi connectivity index (χ1) is 5.25. The van der Waals surface area contributed by atoms with Crippen molar-refractivity contribution in [1.82, 2.24) is 0 Å². The Morgan fingerprint density at radius 1 is 1.73 bits per heavy atom. The number of allylic oxidation sites excluding steroid dienone is 1. The molecule has 0 amide bonds. The van der Waals surface area contributed by atoms with E-state index in [-0.39, 0.29) is 17.5 Å². The zero-order valence-electron chi connectivity index (χ0n) is 6.31. The summed E-state index contributed by atoms with van der Waals surface area (Å²) in [6.07, 6.45) is 4.29. The smallest absolute Gasteiger partial charge is 0.313 e. The van der Waals surface area contributed by atoms with Gasteiger partial charge in [0.1, 0.15) is 0 Å². The van der Waals surface area contributed by atoms with Gasteiger partial charge in [0.15, 0.2) is 6.07 Å². The van der Waals surface area contributed by atoms with Crippen molar-refractivity contribution in [3.63, 3.8) is 0 Å². The lowest BCUT2D eigenvalue weighted by atomic mass is 10.0. The molecule has 0 spiro atoms. The van der Waals surface area contributed by atoms with Crippen molar-refractivity contribution < 1.29 is 9.53 Å². The molecule has 0 aromatic rings. The summed E-state index contributed by atoms with van der Waals surface area (Å²) in [5.74, 6) is -0.174. The Morgan fingerprint density at radius 2 is 2.36 bits per heavy atom. The molecule has 3 heteroatoms. The summed E-state index contributed by atoms with van der Waals surface area (Å²) < 4.78 is 4.70. The summed E-state index contributed by atoms with van der Waals surface area (Å²) in [4.78, 5) is 11.2. The minimum absolute atomic E-state index is 0.0439. The van der Waals surface area contributed by atoms with Crippen molar-refractivity contribution in [3.8, 4) is 0 Å². The number of carbonyl (C=O) groups excluding carboxylic acids is 1. The number of halogens is 1. The number of esters is 1. The Hall–Kier alpha value is -0.500. The van der Waals surface area contributed by atoms with Gasteiger partial charge in [-0.25, -0.2) is 0 Å². The van der Waals surface area contributed by atoms with Gasteiger partial charge in [-0.1, -0.05) is 17.7 Å². The molecule has 0 N–H and O–H groups in total. The van der Waals surface area contributed by atoms with Crippen molar-refractivity contribution in [2.24, 2.45) is 5.41 Å². The molecule has 0 unspecified atom stereocenters. The highest BCUT2D eigenvalue weighted by atomic mass is 35.5. The molecule has 1 rings (SSSR count). The first-order valence-corrected chi connectivity index (χ1v) is 4.13. The molecule has 0 saturated heterocycles. The molecule has 0 atom stereocenters. The zero-order chi connectivity index (χ0) is 8.32. The molecule has 1 saturated carbocycles. The van der Waals surface area contributed by atoms with Crippen LogP contribution in [0.3, 0.4) is 0 Å². The Balaban J connectivity index is 2.44. The van der Waals surface area contributed by atoms with Crippen LogP contribution >= 0.6 is 11.6 Å². The van der Waals surface area contributed by atoms with E-state index in [9.17, 15) is 4.79 Å². The third kappa shape index (κ3) is 1.74. The molecule has 0 bridgehead atoms. The van der Waals surface area contributed by atoms with Crippen LogP contribution in [-0.2, 0) is 9.53 Å². The number of ether oxygens (including phenoxy) is 1. The van der Waals surface area contributed by atoms with Crippen LogP contribution < -0.4 is 0 Å². The summed E-state index contributed by atoms with van der Waals surface area (Å²) >= 11 is 5.26. The molecule has 62 valence electrons. The topological polar surface area (TPSA) is 26.3 Å². The van der Waals surface area contributed by atoms with Gasteiger partial charge in [0.05, 0.1) is 5.41 Å². The zero-order valence-corrected chi connectivity index (χ0v) is 7.06. The van der Waals surface area contributed by atoms with Gasteiger partial charge in [-0.3, -0.25) is 4.79 Å². The average molecular weight is 175 g/mol. The first-order valence-electron chi connectivity index (χ1n) is 3.59. The van der Waals surface area contributed by atoms with E-state index in [0.717, 1.165) is 12.8 Å². The number of alkyl halides is 1. The molecule has 11 heavy (non-hydrogen) atoms. The number of hydrogen-bond donors (Lipinski definition) is 0. The van der Waals surface area contributed by atoms with E-state index >= 15 is 0 Å². The fraction of sp³-hybridized carbons (Fsp3) is 0.625. The SMILES string of the molecule is C=CCC1(C(=O)OCCl)CC1. The number of hydrogen-bond acceptors (Lipinski definition) is 2. The van der Waals surface area contributed by atoms with Crippen LogP contribution in [-0.4, -0.2) is 12.0 Å². The molecule has 1 fully saturated rings. The van der Waals surface area contributed by atoms with Gasteiger partial charge in [0, 0.05) is 0 Å². The lowest BCUT2D eigenvalue weighted by molar-refractivity contribution is -0.147. The standard InChI is InChI=1S/C8H11ClO2/c1-2-3-8(4-5-8)7(10)11-6-9/h2H,1,3-6H2. The normalized spacial score (nSPS) is 19.0. The van der Waals surface area contributed by atoms with Crippen molar-refractivity contribution in [1.29, 1.82) is 0 Å². The summed E-state index contributed by atoms with van der Waals surface area (Å²) in [6, 6.07) is -0.0439. The second kappa shape index (κ2) is 3.26. The monoisotopic (exact) mass is 174 g/mol. The summed E-state index contributed by atoms with van der Waals surface area (Å²) in [5.41, 5.74) is -0.253. The molecule has 0 aromatic carbocycles. The van der Waals surface area contributed by atoms with E-state index < -0.39 is 0 Å². The third-order valence-corrected chi connectivity index (χ3v) is 2.12. The summed E-state index contributed by atoms with van der Waals surface area (Å²) in [5, 5.41) is 0. The van der Waals surface area contributed by atoms with Crippen molar-refractivity contribution in [2.45, 2.75) is 19.3 Å². The highest BCUT2D eigenvalue weighted by Crippen LogP contribution is 2.50. The highest BCUT2D eigenvalue weighted by molar-refractivity contribution is 6.17. The molecule has 0 aliphatic heterocycles. The maximum atomic E-state index is 11.2. The fourth-order valence-electron chi connectivity index (χ4n) is 1.12. The molecule has 1 aliphatic rings. The predicted molar refractivity (Wildman–Crippen MR) is 43.3 cm³/mol. The Kier molecular flexibility index (Phi) is 2.55. The van der Waals surface area contributed by atoms with Gasteiger partial charge >= 0.3 is 5.97 Å². The van der Waals surface area contributed by atoms with E-state index in [1.807, 2.05) is 0 Å². The number of rotatable bonds is 4. The lowest BCUT2D eigenvalue weighted by Crippen LogP contribution is -2.17. The Bertz CT molecular complexity index is 173. The van der Waals surface area contributed by atoms with Gasteiger partial charge in [-0.2, -0.15) is 0 Å². The molecule has 2 nitrogen and oxygen atoms in total. The van der Waals surface area contributed by atoms with Crippen LogP contribution in [0.1, 0.15) is 19.3 Å². The minimum Gasteiger partial charge on any atom is -0.449 e. The van der Waals surface area contributed by atoms with Gasteiger partial charge in [-0.15, -0.1) is 6.58 Å². The third-order valence-electron chi connectivity index (χ3n) is 2.01. The van der Waals surface area contributed by atoms with Crippen LogP contribution in [0.5, 0.6) is 0 Å². The quantitative estimate of drug-likeness (QED) is 0.371. The van der Waals surface area contributed by atoms with Crippen LogP contribution in [0, 0.1) is 5.41 Å². The Morgan fingerprint density at radius 3 is 2.73 bits per heavy atom. The van der Waals surface area contributed by atoms with E-state index in [4.69, 9.17) is 16.3 Å². The predicted octanol–water partition coefficient (Wildman–Crippen LogP) is 2.08. The second-order valence-corrected chi connectivity index (χ2v) is 3.03. The van der Waals surface area contributed by atoms with Crippen LogP contribution in [0.25, 0.3) is 0 Å². The van der Waals surface area contributed by atoms with Gasteiger partial charge in [0.2, 0.25) is 0 Å². The van der Waals surface area contributed by atoms with Crippen molar-refractivity contribution in [3.05, 3.63) is 12.7 Å². The van der Waals surface area contributed by atoms with Crippen molar-refractivity contribution >= 4 is 17.6 Å². The fourth-order valence-corrected chi connectivity index (χ4v) is 1.22. The molecular weight excluding hydrogens is 164 g/mol. The van der Waals surface area contributed by atoms with E-state index in [0.29, 0.717) is 6.42 Å². The maximum absolute atomic E-state index is 11.2. The summed E-state index contributed by atoms with van der Waals surface area (Å²) in [7, 11) is 0. The average Bonchev–Trinajstić information content (AvgIpc) is 2.71. The molecule has 1 aliphatic carbocycles. The van der Waals surface area contributed by atoms with E-state index in [2.05, 4.69) is 6.58 Å². The number of carbonyl (C=O) groups is 1. The molecular formula is C8H11ClO2.